The number of benzene rings is 3. The first-order chi connectivity index (χ1) is 19.5. The number of nitrogens with zero attached hydrogens (tertiary/aromatic N) is 1. The van der Waals surface area contributed by atoms with Crippen LogP contribution in [0.1, 0.15) is 28.4 Å². The number of allylic oxidation sites excluding steroid dienone is 3. The van der Waals surface area contributed by atoms with Gasteiger partial charge in [0.25, 0.3) is 0 Å². The molecule has 1 aliphatic heterocycles. The zero-order chi connectivity index (χ0) is 28.0. The number of rotatable bonds is 7. The fourth-order valence-electron chi connectivity index (χ4n) is 6.35. The molecule has 3 aromatic carbocycles. The van der Waals surface area contributed by atoms with Gasteiger partial charge < -0.3 is 14.2 Å². The topological polar surface area (TPSA) is 82.1 Å². The van der Waals surface area contributed by atoms with Gasteiger partial charge in [0.15, 0.2) is 0 Å². The molecule has 1 saturated carbocycles. The highest BCUT2D eigenvalue weighted by Crippen LogP contribution is 2.59. The van der Waals surface area contributed by atoms with E-state index in [2.05, 4.69) is 12.2 Å². The van der Waals surface area contributed by atoms with Crippen molar-refractivity contribution in [2.45, 2.75) is 6.92 Å². The van der Waals surface area contributed by atoms with Gasteiger partial charge in [-0.15, -0.1) is 0 Å². The molecule has 1 heterocycles. The molecule has 40 heavy (non-hydrogen) atoms. The summed E-state index contributed by atoms with van der Waals surface area (Å²) in [7, 11) is 3.26. The van der Waals surface area contributed by atoms with Crippen LogP contribution in [0.3, 0.4) is 0 Å². The smallest absolute Gasteiger partial charge is 0.338 e. The molecule has 202 valence electrons. The van der Waals surface area contributed by atoms with Crippen LogP contribution in [0.25, 0.3) is 5.57 Å². The summed E-state index contributed by atoms with van der Waals surface area (Å²) in [6.07, 6.45) is 4.13. The molecule has 0 spiro atoms. The number of hydrogen-bond acceptors (Lipinski definition) is 6. The van der Waals surface area contributed by atoms with Crippen molar-refractivity contribution in [2.24, 2.45) is 23.7 Å². The Morgan fingerprint density at radius 3 is 1.75 bits per heavy atom. The summed E-state index contributed by atoms with van der Waals surface area (Å²) in [5, 5.41) is 0. The van der Waals surface area contributed by atoms with E-state index in [-0.39, 0.29) is 30.3 Å². The van der Waals surface area contributed by atoms with Crippen molar-refractivity contribution in [1.82, 2.24) is 0 Å². The number of ether oxygens (including phenoxy) is 3. The summed E-state index contributed by atoms with van der Waals surface area (Å²) in [5.41, 5.74) is 4.76. The first-order valence-corrected chi connectivity index (χ1v) is 13.3. The fourth-order valence-corrected chi connectivity index (χ4v) is 6.35. The summed E-state index contributed by atoms with van der Waals surface area (Å²) in [4.78, 5) is 41.4. The Labute approximate surface area is 232 Å². The van der Waals surface area contributed by atoms with E-state index < -0.39 is 17.8 Å². The molecule has 0 unspecified atom stereocenters. The summed E-state index contributed by atoms with van der Waals surface area (Å²) in [6.45, 7) is 1.97. The van der Waals surface area contributed by atoms with Gasteiger partial charge in [-0.3, -0.25) is 9.59 Å². The van der Waals surface area contributed by atoms with Gasteiger partial charge >= 0.3 is 5.97 Å². The van der Waals surface area contributed by atoms with Crippen LogP contribution < -0.4 is 14.4 Å². The molecule has 4 atom stereocenters. The van der Waals surface area contributed by atoms with E-state index in [4.69, 9.17) is 14.2 Å². The minimum absolute atomic E-state index is 0.219. The minimum atomic E-state index is -0.504. The minimum Gasteiger partial charge on any atom is -0.497 e. The maximum Gasteiger partial charge on any atom is 0.338 e. The van der Waals surface area contributed by atoms with Crippen LogP contribution >= 0.6 is 0 Å². The van der Waals surface area contributed by atoms with Gasteiger partial charge in [0.05, 0.1) is 43.9 Å². The lowest BCUT2D eigenvalue weighted by Crippen LogP contribution is -2.33. The Kier molecular flexibility index (Phi) is 6.50. The lowest BCUT2D eigenvalue weighted by atomic mass is 9.85. The second-order valence-electron chi connectivity index (χ2n) is 10.1. The molecule has 0 N–H and O–H groups in total. The average Bonchev–Trinajstić information content (AvgIpc) is 3.62. The number of carbonyl (C=O) groups is 3. The number of esters is 1. The molecule has 7 heteroatoms. The molecule has 0 aromatic heterocycles. The van der Waals surface area contributed by atoms with Crippen molar-refractivity contribution in [1.29, 1.82) is 0 Å². The third-order valence-electron chi connectivity index (χ3n) is 8.08. The Balaban J connectivity index is 1.42. The molecule has 2 bridgehead atoms. The third-order valence-corrected chi connectivity index (χ3v) is 8.08. The first-order valence-electron chi connectivity index (χ1n) is 13.3. The molecule has 1 saturated heterocycles. The number of carbonyl (C=O) groups excluding carboxylic acids is 3. The number of hydrogen-bond donors (Lipinski definition) is 0. The monoisotopic (exact) mass is 535 g/mol. The summed E-state index contributed by atoms with van der Waals surface area (Å²) >= 11 is 0. The molecule has 0 radical (unpaired) electrons. The predicted molar refractivity (Wildman–Crippen MR) is 150 cm³/mol. The third kappa shape index (κ3) is 4.01. The predicted octanol–water partition coefficient (Wildman–Crippen LogP) is 5.30. The Morgan fingerprint density at radius 2 is 1.27 bits per heavy atom. The first kappa shape index (κ1) is 25.6. The second-order valence-corrected chi connectivity index (χ2v) is 10.1. The number of amides is 2. The van der Waals surface area contributed by atoms with Gasteiger partial charge in [-0.05, 0) is 71.7 Å². The molecule has 2 amide bonds. The molecular weight excluding hydrogens is 506 g/mol. The molecule has 6 rings (SSSR count). The highest BCUT2D eigenvalue weighted by Gasteiger charge is 2.62. The van der Waals surface area contributed by atoms with Crippen LogP contribution in [-0.2, 0) is 14.3 Å². The van der Waals surface area contributed by atoms with Gasteiger partial charge in [0, 0.05) is 11.8 Å². The van der Waals surface area contributed by atoms with Crippen LogP contribution in [0, 0.1) is 23.7 Å². The van der Waals surface area contributed by atoms with E-state index in [0.717, 1.165) is 33.8 Å². The number of fused-ring (bicyclic) bond motifs is 5. The molecule has 2 fully saturated rings. The molecule has 3 aliphatic rings. The van der Waals surface area contributed by atoms with Crippen molar-refractivity contribution in [3.8, 4) is 11.5 Å². The van der Waals surface area contributed by atoms with Gasteiger partial charge in [-0.25, -0.2) is 9.69 Å². The summed E-state index contributed by atoms with van der Waals surface area (Å²) in [6, 6.07) is 22.2. The lowest BCUT2D eigenvalue weighted by Gasteiger charge is -2.22. The largest absolute Gasteiger partial charge is 0.497 e. The summed E-state index contributed by atoms with van der Waals surface area (Å²) in [5.74, 6) is -0.919. The van der Waals surface area contributed by atoms with Gasteiger partial charge in [0.1, 0.15) is 11.5 Å². The van der Waals surface area contributed by atoms with Crippen LogP contribution in [0.2, 0.25) is 0 Å². The zero-order valence-corrected chi connectivity index (χ0v) is 22.5. The van der Waals surface area contributed by atoms with E-state index >= 15 is 0 Å². The highest BCUT2D eigenvalue weighted by molar-refractivity contribution is 6.23. The maximum atomic E-state index is 13.9. The van der Waals surface area contributed by atoms with E-state index in [1.807, 2.05) is 48.5 Å². The fraction of sp³-hybridized carbons (Fsp3) is 0.242. The average molecular weight is 536 g/mol. The van der Waals surface area contributed by atoms with Gasteiger partial charge in [-0.1, -0.05) is 42.5 Å². The number of imide groups is 1. The normalized spacial score (nSPS) is 22.5. The van der Waals surface area contributed by atoms with Crippen LogP contribution in [0.4, 0.5) is 5.69 Å². The number of methoxy groups -OCH3 is 2. The molecule has 7 nitrogen and oxygen atoms in total. The van der Waals surface area contributed by atoms with Crippen LogP contribution in [0.15, 0.2) is 90.5 Å². The van der Waals surface area contributed by atoms with Crippen LogP contribution in [-0.4, -0.2) is 38.6 Å². The van der Waals surface area contributed by atoms with E-state index in [9.17, 15) is 14.4 Å². The molecule has 2 aliphatic carbocycles. The second kappa shape index (κ2) is 10.2. The van der Waals surface area contributed by atoms with E-state index in [1.165, 1.54) is 4.90 Å². The maximum absolute atomic E-state index is 13.9. The van der Waals surface area contributed by atoms with Gasteiger partial charge in [-0.2, -0.15) is 0 Å². The van der Waals surface area contributed by atoms with Gasteiger partial charge in [0.2, 0.25) is 11.8 Å². The van der Waals surface area contributed by atoms with Crippen molar-refractivity contribution < 1.29 is 28.6 Å². The Morgan fingerprint density at radius 1 is 0.750 bits per heavy atom. The quantitative estimate of drug-likeness (QED) is 0.232. The number of anilines is 1. The lowest BCUT2D eigenvalue weighted by molar-refractivity contribution is -0.122. The SMILES string of the molecule is CCOC(=O)c1cccc(N2C(=O)[C@H]3[C@H](C2=O)[C@H]2C=C[C@H]3C2=C(c2ccc(OC)cc2)c2ccc(OC)cc2)c1. The summed E-state index contributed by atoms with van der Waals surface area (Å²) < 4.78 is 15.9. The Hall–Kier alpha value is -4.65. The molecule has 3 aromatic rings. The van der Waals surface area contributed by atoms with Crippen molar-refractivity contribution in [3.05, 3.63) is 107 Å². The van der Waals surface area contributed by atoms with Crippen molar-refractivity contribution in [2.75, 3.05) is 25.7 Å². The van der Waals surface area contributed by atoms with E-state index in [1.54, 1.807) is 45.4 Å². The van der Waals surface area contributed by atoms with Crippen molar-refractivity contribution in [3.63, 3.8) is 0 Å². The highest BCUT2D eigenvalue weighted by atomic mass is 16.5. The van der Waals surface area contributed by atoms with Crippen LogP contribution in [0.5, 0.6) is 11.5 Å². The molecular formula is C33H29NO6. The zero-order valence-electron chi connectivity index (χ0n) is 22.5. The van der Waals surface area contributed by atoms with Crippen molar-refractivity contribution >= 4 is 29.0 Å². The van der Waals surface area contributed by atoms with E-state index in [0.29, 0.717) is 11.3 Å². The standard InChI is InChI=1S/C33H29NO6/c1-4-40-33(37)21-6-5-7-22(18-21)34-31(35)29-25-16-17-26(30(29)32(34)36)28(25)27(19-8-12-23(38-2)13-9-19)20-10-14-24(39-3)15-11-20/h5-18,25-26,29-30H,4H2,1-3H3/t25-,26-,29+,30+/m0/s1. The Bertz CT molecular complexity index is 1470.